The summed E-state index contributed by atoms with van der Waals surface area (Å²) >= 11 is 2.98. The van der Waals surface area contributed by atoms with E-state index in [0.717, 1.165) is 12.1 Å². The number of nitro benzene ring substituents is 1. The second-order valence-electron chi connectivity index (χ2n) is 3.17. The van der Waals surface area contributed by atoms with Crippen LogP contribution in [0.2, 0.25) is 0 Å². The Bertz CT molecular complexity index is 397. The van der Waals surface area contributed by atoms with Crippen molar-refractivity contribution in [2.24, 2.45) is 0 Å². The van der Waals surface area contributed by atoms with Gasteiger partial charge in [-0.25, -0.2) is 0 Å². The van der Waals surface area contributed by atoms with Gasteiger partial charge in [-0.1, -0.05) is 22.0 Å². The van der Waals surface area contributed by atoms with Crippen molar-refractivity contribution >= 4 is 21.6 Å². The molecule has 0 bridgehead atoms. The summed E-state index contributed by atoms with van der Waals surface area (Å²) in [4.78, 5) is 9.77. The van der Waals surface area contributed by atoms with Gasteiger partial charge in [0.05, 0.1) is 11.0 Å². The summed E-state index contributed by atoms with van der Waals surface area (Å²) in [6.07, 6.45) is -2.30. The van der Waals surface area contributed by atoms with E-state index in [0.29, 0.717) is 0 Å². The molecule has 16 heavy (non-hydrogen) atoms. The number of rotatable bonds is 4. The SMILES string of the molecule is O=[N+]([O-])c1cc(C(O)C(O)CBr)ccc1O. The summed E-state index contributed by atoms with van der Waals surface area (Å²) < 4.78 is 0. The summed E-state index contributed by atoms with van der Waals surface area (Å²) in [5, 5.41) is 38.8. The Morgan fingerprint density at radius 3 is 2.56 bits per heavy atom. The van der Waals surface area contributed by atoms with Crippen LogP contribution in [0.3, 0.4) is 0 Å². The van der Waals surface area contributed by atoms with Crippen LogP contribution >= 0.6 is 15.9 Å². The van der Waals surface area contributed by atoms with Gasteiger partial charge in [-0.2, -0.15) is 0 Å². The van der Waals surface area contributed by atoms with E-state index < -0.39 is 28.6 Å². The zero-order chi connectivity index (χ0) is 12.3. The monoisotopic (exact) mass is 291 g/mol. The smallest absolute Gasteiger partial charge is 0.311 e. The molecular weight excluding hydrogens is 282 g/mol. The molecule has 6 nitrogen and oxygen atoms in total. The molecule has 0 aromatic heterocycles. The van der Waals surface area contributed by atoms with Crippen molar-refractivity contribution < 1.29 is 20.2 Å². The first kappa shape index (κ1) is 12.9. The lowest BCUT2D eigenvalue weighted by molar-refractivity contribution is -0.386. The van der Waals surface area contributed by atoms with Gasteiger partial charge >= 0.3 is 5.69 Å². The highest BCUT2D eigenvalue weighted by Crippen LogP contribution is 2.30. The van der Waals surface area contributed by atoms with E-state index in [1.54, 1.807) is 0 Å². The minimum atomic E-state index is -1.24. The number of phenols is 1. The van der Waals surface area contributed by atoms with Gasteiger partial charge in [0.1, 0.15) is 6.10 Å². The maximum absolute atomic E-state index is 10.5. The van der Waals surface area contributed by atoms with Gasteiger partial charge in [-0.15, -0.1) is 0 Å². The van der Waals surface area contributed by atoms with Gasteiger partial charge in [-0.05, 0) is 11.6 Å². The molecule has 2 unspecified atom stereocenters. The Hall–Kier alpha value is -1.18. The molecule has 0 amide bonds. The van der Waals surface area contributed by atoms with Crippen LogP contribution in [0, 0.1) is 10.1 Å². The molecule has 0 radical (unpaired) electrons. The van der Waals surface area contributed by atoms with Gasteiger partial charge in [0, 0.05) is 11.4 Å². The summed E-state index contributed by atoms with van der Waals surface area (Å²) in [6.45, 7) is 0. The quantitative estimate of drug-likeness (QED) is 0.438. The van der Waals surface area contributed by atoms with Crippen LogP contribution in [-0.2, 0) is 0 Å². The number of aliphatic hydroxyl groups excluding tert-OH is 2. The molecule has 0 heterocycles. The molecular formula is C9H10BrNO5. The van der Waals surface area contributed by atoms with Crippen molar-refractivity contribution in [1.29, 1.82) is 0 Å². The molecule has 0 aliphatic rings. The van der Waals surface area contributed by atoms with Crippen LogP contribution in [0.5, 0.6) is 5.75 Å². The molecule has 1 aromatic carbocycles. The first-order valence-corrected chi connectivity index (χ1v) is 5.49. The second-order valence-corrected chi connectivity index (χ2v) is 3.82. The number of alkyl halides is 1. The van der Waals surface area contributed by atoms with Crippen molar-refractivity contribution in [2.75, 3.05) is 5.33 Å². The van der Waals surface area contributed by atoms with Crippen LogP contribution < -0.4 is 0 Å². The maximum atomic E-state index is 10.5. The number of nitro groups is 1. The zero-order valence-corrected chi connectivity index (χ0v) is 9.66. The minimum absolute atomic E-state index is 0.142. The van der Waals surface area contributed by atoms with E-state index in [1.807, 2.05) is 0 Å². The van der Waals surface area contributed by atoms with E-state index in [9.17, 15) is 25.4 Å². The molecule has 0 saturated heterocycles. The van der Waals surface area contributed by atoms with E-state index in [-0.39, 0.29) is 10.9 Å². The van der Waals surface area contributed by atoms with Crippen molar-refractivity contribution in [1.82, 2.24) is 0 Å². The first-order chi connectivity index (χ1) is 7.47. The lowest BCUT2D eigenvalue weighted by atomic mass is 10.0. The molecule has 0 saturated carbocycles. The normalized spacial score (nSPS) is 14.4. The predicted octanol–water partition coefficient (Wildman–Crippen LogP) is 1.09. The van der Waals surface area contributed by atoms with Crippen LogP contribution in [0.25, 0.3) is 0 Å². The van der Waals surface area contributed by atoms with Crippen LogP contribution in [0.4, 0.5) is 5.69 Å². The number of nitrogens with zero attached hydrogens (tertiary/aromatic N) is 1. The zero-order valence-electron chi connectivity index (χ0n) is 8.08. The van der Waals surface area contributed by atoms with Gasteiger partial charge in [0.25, 0.3) is 0 Å². The first-order valence-electron chi connectivity index (χ1n) is 4.36. The predicted molar refractivity (Wildman–Crippen MR) is 59.5 cm³/mol. The van der Waals surface area contributed by atoms with Crippen LogP contribution in [0.15, 0.2) is 18.2 Å². The molecule has 1 rings (SSSR count). The molecule has 2 atom stereocenters. The van der Waals surface area contributed by atoms with Crippen molar-refractivity contribution in [2.45, 2.75) is 12.2 Å². The molecule has 0 aliphatic carbocycles. The number of aliphatic hydroxyl groups is 2. The Morgan fingerprint density at radius 1 is 1.44 bits per heavy atom. The third-order valence-electron chi connectivity index (χ3n) is 2.06. The van der Waals surface area contributed by atoms with Crippen LogP contribution in [0.1, 0.15) is 11.7 Å². The van der Waals surface area contributed by atoms with Crippen LogP contribution in [-0.4, -0.2) is 31.7 Å². The van der Waals surface area contributed by atoms with Crippen molar-refractivity contribution in [3.05, 3.63) is 33.9 Å². The molecule has 0 spiro atoms. The van der Waals surface area contributed by atoms with E-state index in [1.165, 1.54) is 6.07 Å². The lowest BCUT2D eigenvalue weighted by Gasteiger charge is -2.15. The maximum Gasteiger partial charge on any atom is 0.311 e. The Balaban J connectivity index is 3.07. The van der Waals surface area contributed by atoms with Gasteiger partial charge in [0.15, 0.2) is 5.75 Å². The van der Waals surface area contributed by atoms with E-state index >= 15 is 0 Å². The minimum Gasteiger partial charge on any atom is -0.502 e. The molecule has 3 N–H and O–H groups in total. The molecule has 1 aromatic rings. The van der Waals surface area contributed by atoms with Gasteiger partial charge in [0.2, 0.25) is 0 Å². The molecule has 88 valence electrons. The largest absolute Gasteiger partial charge is 0.502 e. The number of phenolic OH excluding ortho intramolecular Hbond substituents is 1. The number of benzene rings is 1. The highest BCUT2D eigenvalue weighted by molar-refractivity contribution is 9.09. The number of halogens is 1. The summed E-state index contributed by atoms with van der Waals surface area (Å²) in [7, 11) is 0. The molecule has 7 heteroatoms. The fourth-order valence-corrected chi connectivity index (χ4v) is 1.53. The average Bonchev–Trinajstić information content (AvgIpc) is 2.27. The highest BCUT2D eigenvalue weighted by atomic mass is 79.9. The Morgan fingerprint density at radius 2 is 2.06 bits per heavy atom. The third-order valence-corrected chi connectivity index (χ3v) is 2.72. The standard InChI is InChI=1S/C9H10BrNO5/c10-4-8(13)9(14)5-1-2-7(12)6(3-5)11(15)16/h1-3,8-9,12-14H,4H2. The summed E-state index contributed by atoms with van der Waals surface area (Å²) in [6, 6.07) is 3.46. The third kappa shape index (κ3) is 2.69. The van der Waals surface area contributed by atoms with Gasteiger partial charge < -0.3 is 15.3 Å². The number of hydrogen-bond acceptors (Lipinski definition) is 5. The van der Waals surface area contributed by atoms with Crippen molar-refractivity contribution in [3.63, 3.8) is 0 Å². The van der Waals surface area contributed by atoms with E-state index in [2.05, 4.69) is 15.9 Å². The highest BCUT2D eigenvalue weighted by Gasteiger charge is 2.21. The lowest BCUT2D eigenvalue weighted by Crippen LogP contribution is -2.19. The fourth-order valence-electron chi connectivity index (χ4n) is 1.18. The molecule has 0 fully saturated rings. The van der Waals surface area contributed by atoms with Gasteiger partial charge in [-0.3, -0.25) is 10.1 Å². The van der Waals surface area contributed by atoms with Crippen molar-refractivity contribution in [3.8, 4) is 5.75 Å². The Kier molecular flexibility index (Phi) is 4.22. The topological polar surface area (TPSA) is 104 Å². The summed E-state index contributed by atoms with van der Waals surface area (Å²) in [5.41, 5.74) is -0.324. The summed E-state index contributed by atoms with van der Waals surface area (Å²) in [5.74, 6) is -0.478. The second kappa shape index (κ2) is 5.24. The Labute approximate surface area is 99.4 Å². The average molecular weight is 292 g/mol. The molecule has 0 aliphatic heterocycles. The number of aromatic hydroxyl groups is 1. The number of hydrogen-bond donors (Lipinski definition) is 3. The fraction of sp³-hybridized carbons (Fsp3) is 0.333. The van der Waals surface area contributed by atoms with E-state index in [4.69, 9.17) is 0 Å².